The molecule has 0 aliphatic carbocycles. The lowest BCUT2D eigenvalue weighted by Gasteiger charge is -2.19. The first-order valence-corrected chi connectivity index (χ1v) is 7.64. The maximum Gasteiger partial charge on any atom is 0.125 e. The number of benzene rings is 2. The number of hydrogen-bond acceptors (Lipinski definition) is 2. The Morgan fingerprint density at radius 2 is 1.85 bits per heavy atom. The van der Waals surface area contributed by atoms with Crippen molar-refractivity contribution < 1.29 is 9.84 Å². The molecule has 0 aliphatic rings. The van der Waals surface area contributed by atoms with Crippen LogP contribution >= 0.6 is 15.9 Å². The van der Waals surface area contributed by atoms with Gasteiger partial charge in [-0.05, 0) is 42.7 Å². The minimum atomic E-state index is -0.676. The molecule has 0 radical (unpaired) electrons. The van der Waals surface area contributed by atoms with Gasteiger partial charge in [-0.15, -0.1) is 0 Å². The predicted molar refractivity (Wildman–Crippen MR) is 85.2 cm³/mol. The Labute approximate surface area is 128 Å². The third kappa shape index (κ3) is 3.22. The molecule has 0 aromatic heterocycles. The molecule has 0 fully saturated rings. The van der Waals surface area contributed by atoms with Gasteiger partial charge < -0.3 is 9.84 Å². The minimum Gasteiger partial charge on any atom is -0.493 e. The molecule has 2 rings (SSSR count). The van der Waals surface area contributed by atoms with Crippen molar-refractivity contribution in [1.29, 1.82) is 0 Å². The molecule has 0 spiro atoms. The largest absolute Gasteiger partial charge is 0.493 e. The van der Waals surface area contributed by atoms with E-state index in [-0.39, 0.29) is 0 Å². The molecular weight excluding hydrogens is 316 g/mol. The molecule has 0 amide bonds. The standard InChI is InChI=1S/C17H19BrO2/c1-3-12-7-5-6-8-14(12)17(19)15-11-13(18)9-10-16(15)20-4-2/h5-11,17,19H,3-4H2,1-2H3. The first kappa shape index (κ1) is 15.1. The normalized spacial score (nSPS) is 12.2. The van der Waals surface area contributed by atoms with Crippen LogP contribution in [0.25, 0.3) is 0 Å². The Morgan fingerprint density at radius 3 is 2.55 bits per heavy atom. The van der Waals surface area contributed by atoms with Crippen LogP contribution < -0.4 is 4.74 Å². The van der Waals surface area contributed by atoms with Crippen LogP contribution in [0.4, 0.5) is 0 Å². The van der Waals surface area contributed by atoms with E-state index < -0.39 is 6.10 Å². The summed E-state index contributed by atoms with van der Waals surface area (Å²) in [5, 5.41) is 10.7. The Bertz CT molecular complexity index is 581. The summed E-state index contributed by atoms with van der Waals surface area (Å²) in [5.74, 6) is 0.731. The van der Waals surface area contributed by atoms with Crippen LogP contribution in [-0.2, 0) is 6.42 Å². The minimum absolute atomic E-state index is 0.580. The smallest absolute Gasteiger partial charge is 0.125 e. The average molecular weight is 335 g/mol. The summed E-state index contributed by atoms with van der Waals surface area (Å²) in [6.45, 7) is 4.62. The third-order valence-corrected chi connectivity index (χ3v) is 3.79. The molecule has 0 bridgehead atoms. The number of rotatable bonds is 5. The van der Waals surface area contributed by atoms with Crippen LogP contribution in [0.1, 0.15) is 36.6 Å². The van der Waals surface area contributed by atoms with E-state index in [0.717, 1.165) is 33.3 Å². The summed E-state index contributed by atoms with van der Waals surface area (Å²) in [5.41, 5.74) is 2.89. The SMILES string of the molecule is CCOc1ccc(Br)cc1C(O)c1ccccc1CC. The lowest BCUT2D eigenvalue weighted by Crippen LogP contribution is -2.06. The monoisotopic (exact) mass is 334 g/mol. The van der Waals surface area contributed by atoms with E-state index in [1.54, 1.807) is 0 Å². The van der Waals surface area contributed by atoms with Crippen molar-refractivity contribution in [3.8, 4) is 5.75 Å². The van der Waals surface area contributed by atoms with Crippen molar-refractivity contribution in [2.45, 2.75) is 26.4 Å². The highest BCUT2D eigenvalue weighted by atomic mass is 79.9. The van der Waals surface area contributed by atoms with Gasteiger partial charge in [0.05, 0.1) is 6.61 Å². The van der Waals surface area contributed by atoms with E-state index in [1.807, 2.05) is 43.3 Å². The summed E-state index contributed by atoms with van der Waals surface area (Å²) in [4.78, 5) is 0. The fraction of sp³-hybridized carbons (Fsp3) is 0.294. The molecular formula is C17H19BrO2. The maximum atomic E-state index is 10.7. The molecule has 1 N–H and O–H groups in total. The van der Waals surface area contributed by atoms with Crippen LogP contribution in [0.2, 0.25) is 0 Å². The highest BCUT2D eigenvalue weighted by molar-refractivity contribution is 9.10. The Morgan fingerprint density at radius 1 is 1.10 bits per heavy atom. The second-order valence-electron chi connectivity index (χ2n) is 4.57. The highest BCUT2D eigenvalue weighted by Gasteiger charge is 2.18. The molecule has 0 saturated carbocycles. The number of halogens is 1. The van der Waals surface area contributed by atoms with Gasteiger partial charge >= 0.3 is 0 Å². The second kappa shape index (κ2) is 6.91. The van der Waals surface area contributed by atoms with Crippen molar-refractivity contribution in [3.63, 3.8) is 0 Å². The van der Waals surface area contributed by atoms with Crippen LogP contribution in [0.15, 0.2) is 46.9 Å². The summed E-state index contributed by atoms with van der Waals surface area (Å²) >= 11 is 3.46. The van der Waals surface area contributed by atoms with Crippen LogP contribution in [0, 0.1) is 0 Å². The van der Waals surface area contributed by atoms with E-state index in [4.69, 9.17) is 4.74 Å². The lowest BCUT2D eigenvalue weighted by atomic mass is 9.95. The average Bonchev–Trinajstić information content (AvgIpc) is 2.48. The van der Waals surface area contributed by atoms with Crippen molar-refractivity contribution in [1.82, 2.24) is 0 Å². The van der Waals surface area contributed by atoms with Gasteiger partial charge in [0.1, 0.15) is 11.9 Å². The Hall–Kier alpha value is -1.32. The summed E-state index contributed by atoms with van der Waals surface area (Å²) in [6, 6.07) is 13.7. The topological polar surface area (TPSA) is 29.5 Å². The summed E-state index contributed by atoms with van der Waals surface area (Å²) in [6.07, 6.45) is 0.218. The van der Waals surface area contributed by atoms with Crippen molar-refractivity contribution in [2.24, 2.45) is 0 Å². The van der Waals surface area contributed by atoms with Crippen LogP contribution in [-0.4, -0.2) is 11.7 Å². The second-order valence-corrected chi connectivity index (χ2v) is 5.49. The molecule has 1 atom stereocenters. The molecule has 3 heteroatoms. The van der Waals surface area contributed by atoms with Gasteiger partial charge in [-0.3, -0.25) is 0 Å². The highest BCUT2D eigenvalue weighted by Crippen LogP contribution is 2.34. The molecule has 0 heterocycles. The molecule has 0 aliphatic heterocycles. The zero-order valence-electron chi connectivity index (χ0n) is 11.8. The zero-order chi connectivity index (χ0) is 14.5. The van der Waals surface area contributed by atoms with Crippen LogP contribution in [0.5, 0.6) is 5.75 Å². The summed E-state index contributed by atoms with van der Waals surface area (Å²) in [7, 11) is 0. The molecule has 2 aromatic carbocycles. The van der Waals surface area contributed by atoms with E-state index in [2.05, 4.69) is 28.9 Å². The third-order valence-electron chi connectivity index (χ3n) is 3.30. The first-order chi connectivity index (χ1) is 9.67. The van der Waals surface area contributed by atoms with Gasteiger partial charge in [0.2, 0.25) is 0 Å². The fourth-order valence-electron chi connectivity index (χ4n) is 2.31. The number of hydrogen-bond donors (Lipinski definition) is 1. The van der Waals surface area contributed by atoms with E-state index in [1.165, 1.54) is 0 Å². The quantitative estimate of drug-likeness (QED) is 0.872. The van der Waals surface area contributed by atoms with E-state index >= 15 is 0 Å². The molecule has 20 heavy (non-hydrogen) atoms. The van der Waals surface area contributed by atoms with E-state index in [9.17, 15) is 5.11 Å². The first-order valence-electron chi connectivity index (χ1n) is 6.85. The zero-order valence-corrected chi connectivity index (χ0v) is 13.4. The van der Waals surface area contributed by atoms with Crippen molar-refractivity contribution >= 4 is 15.9 Å². The number of aliphatic hydroxyl groups is 1. The van der Waals surface area contributed by atoms with Gasteiger partial charge in [-0.1, -0.05) is 47.1 Å². The predicted octanol–water partition coefficient (Wildman–Crippen LogP) is 4.49. The van der Waals surface area contributed by atoms with Crippen molar-refractivity contribution in [3.05, 3.63) is 63.6 Å². The molecule has 1 unspecified atom stereocenters. The fourth-order valence-corrected chi connectivity index (χ4v) is 2.69. The van der Waals surface area contributed by atoms with Gasteiger partial charge in [0.15, 0.2) is 0 Å². The van der Waals surface area contributed by atoms with Crippen LogP contribution in [0.3, 0.4) is 0 Å². The number of aliphatic hydroxyl groups excluding tert-OH is 1. The van der Waals surface area contributed by atoms with E-state index in [0.29, 0.717) is 6.61 Å². The number of aryl methyl sites for hydroxylation is 1. The Balaban J connectivity index is 2.46. The Kier molecular flexibility index (Phi) is 5.21. The summed E-state index contributed by atoms with van der Waals surface area (Å²) < 4.78 is 6.56. The molecule has 106 valence electrons. The molecule has 0 saturated heterocycles. The van der Waals surface area contributed by atoms with Gasteiger partial charge in [-0.2, -0.15) is 0 Å². The van der Waals surface area contributed by atoms with Crippen molar-refractivity contribution in [2.75, 3.05) is 6.61 Å². The maximum absolute atomic E-state index is 10.7. The molecule has 2 nitrogen and oxygen atoms in total. The lowest BCUT2D eigenvalue weighted by molar-refractivity contribution is 0.211. The van der Waals surface area contributed by atoms with Gasteiger partial charge in [-0.25, -0.2) is 0 Å². The van der Waals surface area contributed by atoms with Gasteiger partial charge in [0.25, 0.3) is 0 Å². The van der Waals surface area contributed by atoms with Gasteiger partial charge in [0, 0.05) is 10.0 Å². The molecule has 2 aromatic rings. The number of ether oxygens (including phenoxy) is 1.